The van der Waals surface area contributed by atoms with Gasteiger partial charge in [-0.15, -0.1) is 11.3 Å². The monoisotopic (exact) mass is 331 g/mol. The third-order valence-corrected chi connectivity index (χ3v) is 5.28. The smallest absolute Gasteiger partial charge is 0.189 e. The maximum Gasteiger partial charge on any atom is 0.189 e. The summed E-state index contributed by atoms with van der Waals surface area (Å²) in [5.41, 5.74) is 9.15. The number of aromatic nitrogens is 1. The quantitative estimate of drug-likeness (QED) is 0.792. The number of thiazole rings is 1. The van der Waals surface area contributed by atoms with Crippen LogP contribution in [-0.2, 0) is 0 Å². The predicted molar refractivity (Wildman–Crippen MR) is 98.5 cm³/mol. The minimum Gasteiger partial charge on any atom is -0.376 e. The van der Waals surface area contributed by atoms with Gasteiger partial charge >= 0.3 is 0 Å². The molecular formula is C17H21N3S2. The number of nitrogens with one attached hydrogen (secondary N) is 1. The SMILES string of the molecule is Cc1sc(NC(N)=S)nc1-c1ccc(C2CCCCC2)cc1. The number of hydrogen-bond donors (Lipinski definition) is 2. The second-order valence-electron chi connectivity index (χ2n) is 5.87. The highest BCUT2D eigenvalue weighted by molar-refractivity contribution is 7.80. The van der Waals surface area contributed by atoms with Gasteiger partial charge in [-0.2, -0.15) is 0 Å². The van der Waals surface area contributed by atoms with Gasteiger partial charge in [0.2, 0.25) is 0 Å². The molecule has 1 aromatic heterocycles. The highest BCUT2D eigenvalue weighted by atomic mass is 32.1. The number of anilines is 1. The molecule has 0 unspecified atom stereocenters. The Kier molecular flexibility index (Phi) is 4.74. The van der Waals surface area contributed by atoms with Crippen molar-refractivity contribution in [1.29, 1.82) is 0 Å². The van der Waals surface area contributed by atoms with E-state index in [0.29, 0.717) is 0 Å². The maximum atomic E-state index is 5.51. The van der Waals surface area contributed by atoms with E-state index in [2.05, 4.69) is 41.5 Å². The van der Waals surface area contributed by atoms with Crippen LogP contribution in [0, 0.1) is 6.92 Å². The molecular weight excluding hydrogens is 310 g/mol. The van der Waals surface area contributed by atoms with Gasteiger partial charge in [-0.1, -0.05) is 43.5 Å². The molecule has 5 heteroatoms. The van der Waals surface area contributed by atoms with Gasteiger partial charge in [0.1, 0.15) is 0 Å². The van der Waals surface area contributed by atoms with Crippen molar-refractivity contribution in [3.63, 3.8) is 0 Å². The highest BCUT2D eigenvalue weighted by Crippen LogP contribution is 2.35. The molecule has 1 fully saturated rings. The van der Waals surface area contributed by atoms with Gasteiger partial charge in [0.05, 0.1) is 5.69 Å². The molecule has 0 aliphatic heterocycles. The first-order valence-corrected chi connectivity index (χ1v) is 9.00. The first-order valence-electron chi connectivity index (χ1n) is 7.77. The van der Waals surface area contributed by atoms with Crippen LogP contribution in [0.3, 0.4) is 0 Å². The van der Waals surface area contributed by atoms with Gasteiger partial charge in [0.15, 0.2) is 10.2 Å². The zero-order valence-corrected chi connectivity index (χ0v) is 14.4. The lowest BCUT2D eigenvalue weighted by atomic mass is 9.84. The Bertz CT molecular complexity index is 655. The standard InChI is InChI=1S/C17H21N3S2/c1-11-15(19-17(22-11)20-16(18)21)14-9-7-13(8-10-14)12-5-3-2-4-6-12/h7-10,12H,2-6H2,1H3,(H3,18,19,20,21). The zero-order chi connectivity index (χ0) is 15.5. The summed E-state index contributed by atoms with van der Waals surface area (Å²) in [6.07, 6.45) is 6.79. The number of aryl methyl sites for hydroxylation is 1. The van der Waals surface area contributed by atoms with Crippen molar-refractivity contribution in [3.8, 4) is 11.3 Å². The number of nitrogens with two attached hydrogens (primary N) is 1. The minimum atomic E-state index is 0.257. The summed E-state index contributed by atoms with van der Waals surface area (Å²) in [5, 5.41) is 3.93. The second kappa shape index (κ2) is 6.75. The van der Waals surface area contributed by atoms with Crippen molar-refractivity contribution >= 4 is 33.8 Å². The first kappa shape index (κ1) is 15.4. The summed E-state index contributed by atoms with van der Waals surface area (Å²) in [6.45, 7) is 2.08. The van der Waals surface area contributed by atoms with Crippen molar-refractivity contribution in [1.82, 2.24) is 4.98 Å². The van der Waals surface area contributed by atoms with E-state index in [1.165, 1.54) is 42.5 Å². The number of nitrogens with zero attached hydrogens (tertiary/aromatic N) is 1. The van der Waals surface area contributed by atoms with E-state index in [9.17, 15) is 0 Å². The molecule has 0 spiro atoms. The lowest BCUT2D eigenvalue weighted by molar-refractivity contribution is 0.443. The zero-order valence-electron chi connectivity index (χ0n) is 12.8. The molecule has 0 saturated heterocycles. The molecule has 1 saturated carbocycles. The summed E-state index contributed by atoms with van der Waals surface area (Å²) < 4.78 is 0. The molecule has 3 N–H and O–H groups in total. The van der Waals surface area contributed by atoms with E-state index in [-0.39, 0.29) is 5.11 Å². The van der Waals surface area contributed by atoms with E-state index in [4.69, 9.17) is 18.0 Å². The lowest BCUT2D eigenvalue weighted by Crippen LogP contribution is -2.18. The van der Waals surface area contributed by atoms with E-state index in [1.54, 1.807) is 11.3 Å². The van der Waals surface area contributed by atoms with Gasteiger partial charge in [0.25, 0.3) is 0 Å². The van der Waals surface area contributed by atoms with Crippen molar-refractivity contribution in [3.05, 3.63) is 34.7 Å². The average Bonchev–Trinajstić information content (AvgIpc) is 2.88. The van der Waals surface area contributed by atoms with Crippen molar-refractivity contribution < 1.29 is 0 Å². The van der Waals surface area contributed by atoms with Crippen LogP contribution in [0.25, 0.3) is 11.3 Å². The Morgan fingerprint density at radius 1 is 1.23 bits per heavy atom. The third kappa shape index (κ3) is 3.47. The van der Waals surface area contributed by atoms with Crippen LogP contribution in [0.15, 0.2) is 24.3 Å². The molecule has 3 nitrogen and oxygen atoms in total. The molecule has 0 radical (unpaired) electrons. The molecule has 0 amide bonds. The molecule has 2 aromatic rings. The fourth-order valence-corrected chi connectivity index (χ4v) is 4.18. The highest BCUT2D eigenvalue weighted by Gasteiger charge is 2.16. The Morgan fingerprint density at radius 3 is 2.55 bits per heavy atom. The van der Waals surface area contributed by atoms with E-state index < -0.39 is 0 Å². The van der Waals surface area contributed by atoms with E-state index >= 15 is 0 Å². The molecule has 0 bridgehead atoms. The van der Waals surface area contributed by atoms with Crippen molar-refractivity contribution in [2.24, 2.45) is 5.73 Å². The molecule has 3 rings (SSSR count). The van der Waals surface area contributed by atoms with E-state index in [1.807, 2.05) is 0 Å². The molecule has 1 aliphatic carbocycles. The van der Waals surface area contributed by atoms with Crippen LogP contribution >= 0.6 is 23.6 Å². The van der Waals surface area contributed by atoms with Gasteiger partial charge in [-0.3, -0.25) is 0 Å². The summed E-state index contributed by atoms with van der Waals surface area (Å²) in [6, 6.07) is 8.92. The van der Waals surface area contributed by atoms with Crippen LogP contribution in [0.4, 0.5) is 5.13 Å². The molecule has 1 heterocycles. The molecule has 0 atom stereocenters. The topological polar surface area (TPSA) is 50.9 Å². The maximum absolute atomic E-state index is 5.51. The summed E-state index contributed by atoms with van der Waals surface area (Å²) in [5.74, 6) is 0.742. The number of benzene rings is 1. The Labute approximate surface area is 141 Å². The summed E-state index contributed by atoms with van der Waals surface area (Å²) >= 11 is 6.45. The van der Waals surface area contributed by atoms with Gasteiger partial charge in [-0.25, -0.2) is 4.98 Å². The van der Waals surface area contributed by atoms with E-state index in [0.717, 1.165) is 22.3 Å². The van der Waals surface area contributed by atoms with Crippen LogP contribution in [0.1, 0.15) is 48.5 Å². The average molecular weight is 332 g/mol. The Hall–Kier alpha value is -1.46. The van der Waals surface area contributed by atoms with Crippen LogP contribution in [-0.4, -0.2) is 10.1 Å². The largest absolute Gasteiger partial charge is 0.376 e. The Balaban J connectivity index is 1.80. The van der Waals surface area contributed by atoms with Crippen LogP contribution < -0.4 is 11.1 Å². The molecule has 1 aliphatic rings. The first-order chi connectivity index (χ1) is 10.6. The second-order valence-corrected chi connectivity index (χ2v) is 7.51. The van der Waals surface area contributed by atoms with Crippen LogP contribution in [0.2, 0.25) is 0 Å². The minimum absolute atomic E-state index is 0.257. The van der Waals surface area contributed by atoms with Crippen LogP contribution in [0.5, 0.6) is 0 Å². The number of rotatable bonds is 3. The normalized spacial score (nSPS) is 15.7. The molecule has 1 aromatic carbocycles. The Morgan fingerprint density at radius 2 is 1.91 bits per heavy atom. The molecule has 22 heavy (non-hydrogen) atoms. The van der Waals surface area contributed by atoms with Gasteiger partial charge in [-0.05, 0) is 43.5 Å². The predicted octanol–water partition coefficient (Wildman–Crippen LogP) is 4.82. The van der Waals surface area contributed by atoms with Crippen molar-refractivity contribution in [2.75, 3.05) is 5.32 Å². The van der Waals surface area contributed by atoms with Crippen molar-refractivity contribution in [2.45, 2.75) is 44.9 Å². The third-order valence-electron chi connectivity index (χ3n) is 4.29. The molecule has 116 valence electrons. The fourth-order valence-electron chi connectivity index (χ4n) is 3.17. The number of thiocarbonyl (C=S) groups is 1. The van der Waals surface area contributed by atoms with Gasteiger partial charge < -0.3 is 11.1 Å². The number of hydrogen-bond acceptors (Lipinski definition) is 3. The lowest BCUT2D eigenvalue weighted by Gasteiger charge is -2.22. The fraction of sp³-hybridized carbons (Fsp3) is 0.412. The summed E-state index contributed by atoms with van der Waals surface area (Å²) in [4.78, 5) is 5.77. The summed E-state index contributed by atoms with van der Waals surface area (Å²) in [7, 11) is 0. The van der Waals surface area contributed by atoms with Gasteiger partial charge in [0, 0.05) is 10.4 Å².